The smallest absolute Gasteiger partial charge is 0.344 e. The monoisotopic (exact) mass is 356 g/mol. The topological polar surface area (TPSA) is 108 Å². The third kappa shape index (κ3) is 6.64. The molecule has 3 N–H and O–H groups in total. The fourth-order valence-corrected chi connectivity index (χ4v) is 2.17. The molecule has 0 atom stereocenters. The Morgan fingerprint density at radius 3 is 2.35 bits per heavy atom. The molecule has 0 radical (unpaired) electrons. The lowest BCUT2D eigenvalue weighted by molar-refractivity contribution is -0.150. The number of primary amides is 1. The number of esters is 1. The predicted molar refractivity (Wildman–Crippen MR) is 94.3 cm³/mol. The van der Waals surface area contributed by atoms with Gasteiger partial charge in [0.2, 0.25) is 5.91 Å². The van der Waals surface area contributed by atoms with E-state index in [9.17, 15) is 14.4 Å². The van der Waals surface area contributed by atoms with Gasteiger partial charge in [-0.2, -0.15) is 0 Å². The van der Waals surface area contributed by atoms with Crippen LogP contribution in [0.1, 0.15) is 11.1 Å². The van der Waals surface area contributed by atoms with Crippen LogP contribution in [0.5, 0.6) is 5.75 Å². The van der Waals surface area contributed by atoms with Crippen molar-refractivity contribution in [2.24, 2.45) is 5.73 Å². The molecule has 0 unspecified atom stereocenters. The molecular weight excluding hydrogens is 336 g/mol. The van der Waals surface area contributed by atoms with E-state index in [-0.39, 0.29) is 13.2 Å². The maximum absolute atomic E-state index is 11.7. The van der Waals surface area contributed by atoms with E-state index >= 15 is 0 Å². The van der Waals surface area contributed by atoms with Crippen LogP contribution in [-0.4, -0.2) is 37.5 Å². The lowest BCUT2D eigenvalue weighted by Crippen LogP contribution is -2.36. The summed E-state index contributed by atoms with van der Waals surface area (Å²) in [6, 6.07) is 17.3. The molecule has 0 fully saturated rings. The Bertz CT molecular complexity index is 762. The Kier molecular flexibility index (Phi) is 7.17. The molecule has 0 saturated carbocycles. The fourth-order valence-electron chi connectivity index (χ4n) is 2.17. The second kappa shape index (κ2) is 9.83. The maximum Gasteiger partial charge on any atom is 0.344 e. The highest BCUT2D eigenvalue weighted by Gasteiger charge is 2.11. The second-order valence-corrected chi connectivity index (χ2v) is 5.46. The van der Waals surface area contributed by atoms with Gasteiger partial charge in [0.25, 0.3) is 5.91 Å². The van der Waals surface area contributed by atoms with Crippen molar-refractivity contribution in [2.45, 2.75) is 6.42 Å². The molecule has 0 aliphatic rings. The van der Waals surface area contributed by atoms with Crippen LogP contribution in [0.2, 0.25) is 0 Å². The molecule has 136 valence electrons. The zero-order valence-electron chi connectivity index (χ0n) is 14.1. The minimum absolute atomic E-state index is 0.306. The van der Waals surface area contributed by atoms with Crippen LogP contribution in [0.4, 0.5) is 0 Å². The number of carbonyl (C=O) groups excluding carboxylic acids is 3. The van der Waals surface area contributed by atoms with Crippen molar-refractivity contribution >= 4 is 17.8 Å². The first-order valence-electron chi connectivity index (χ1n) is 8.00. The van der Waals surface area contributed by atoms with Gasteiger partial charge in [-0.3, -0.25) is 9.59 Å². The molecule has 0 bridgehead atoms. The molecule has 0 aliphatic heterocycles. The van der Waals surface area contributed by atoms with Gasteiger partial charge in [-0.15, -0.1) is 0 Å². The number of benzene rings is 2. The lowest BCUT2D eigenvalue weighted by Gasteiger charge is -2.11. The largest absolute Gasteiger partial charge is 0.482 e. The van der Waals surface area contributed by atoms with Gasteiger partial charge >= 0.3 is 5.97 Å². The zero-order valence-corrected chi connectivity index (χ0v) is 14.1. The molecule has 2 amide bonds. The third-order valence-corrected chi connectivity index (χ3v) is 3.38. The Labute approximate surface area is 151 Å². The molecule has 7 heteroatoms. The average Bonchev–Trinajstić information content (AvgIpc) is 2.64. The van der Waals surface area contributed by atoms with Crippen molar-refractivity contribution in [1.29, 1.82) is 0 Å². The van der Waals surface area contributed by atoms with Crippen molar-refractivity contribution in [3.63, 3.8) is 0 Å². The van der Waals surface area contributed by atoms with Gasteiger partial charge in [-0.25, -0.2) is 4.79 Å². The third-order valence-electron chi connectivity index (χ3n) is 3.38. The van der Waals surface area contributed by atoms with Gasteiger partial charge in [0.05, 0.1) is 6.54 Å². The first kappa shape index (κ1) is 19.0. The van der Waals surface area contributed by atoms with Crippen molar-refractivity contribution in [3.8, 4) is 5.75 Å². The number of nitrogens with two attached hydrogens (primary N) is 1. The quantitative estimate of drug-likeness (QED) is 0.646. The zero-order chi connectivity index (χ0) is 18.8. The minimum atomic E-state index is -0.686. The van der Waals surface area contributed by atoms with E-state index in [1.165, 1.54) is 0 Å². The van der Waals surface area contributed by atoms with Gasteiger partial charge in [0.1, 0.15) is 5.75 Å². The summed E-state index contributed by atoms with van der Waals surface area (Å²) in [6.07, 6.45) is 0.668. The summed E-state index contributed by atoms with van der Waals surface area (Å²) in [5.41, 5.74) is 6.96. The Balaban J connectivity index is 1.82. The van der Waals surface area contributed by atoms with Gasteiger partial charge in [-0.05, 0) is 17.2 Å². The summed E-state index contributed by atoms with van der Waals surface area (Å²) in [5.74, 6) is -1.40. The summed E-state index contributed by atoms with van der Waals surface area (Å²) >= 11 is 0. The van der Waals surface area contributed by atoms with Gasteiger partial charge in [0.15, 0.2) is 13.2 Å². The van der Waals surface area contributed by atoms with E-state index in [1.54, 1.807) is 6.07 Å². The number of hydrogen-bond acceptors (Lipinski definition) is 5. The molecule has 26 heavy (non-hydrogen) atoms. The van der Waals surface area contributed by atoms with E-state index in [1.807, 2.05) is 48.5 Å². The number of rotatable bonds is 9. The van der Waals surface area contributed by atoms with Crippen LogP contribution in [0.25, 0.3) is 0 Å². The summed E-state index contributed by atoms with van der Waals surface area (Å²) in [4.78, 5) is 33.6. The molecule has 2 aromatic rings. The van der Waals surface area contributed by atoms with Crippen molar-refractivity contribution in [1.82, 2.24) is 5.32 Å². The standard InChI is InChI=1S/C19H20N2O5/c20-17(22)11-21-18(23)12-26-19(24)13-25-16-9-5-4-8-15(16)10-14-6-2-1-3-7-14/h1-9H,10-13H2,(H2,20,22)(H,21,23). The Morgan fingerprint density at radius 1 is 0.923 bits per heavy atom. The van der Waals surface area contributed by atoms with Crippen molar-refractivity contribution < 1.29 is 23.9 Å². The number of ether oxygens (including phenoxy) is 2. The minimum Gasteiger partial charge on any atom is -0.482 e. The highest BCUT2D eigenvalue weighted by molar-refractivity contribution is 5.85. The van der Waals surface area contributed by atoms with Crippen LogP contribution in [0, 0.1) is 0 Å². The number of nitrogens with one attached hydrogen (secondary N) is 1. The van der Waals surface area contributed by atoms with Crippen LogP contribution in [0.15, 0.2) is 54.6 Å². The number of para-hydroxylation sites is 1. The molecular formula is C19H20N2O5. The van der Waals surface area contributed by atoms with E-state index < -0.39 is 24.4 Å². The van der Waals surface area contributed by atoms with Crippen LogP contribution >= 0.6 is 0 Å². The predicted octanol–water partition coefficient (Wildman–Crippen LogP) is 0.801. The SMILES string of the molecule is NC(=O)CNC(=O)COC(=O)COc1ccccc1Cc1ccccc1. The van der Waals surface area contributed by atoms with Crippen LogP contribution in [0.3, 0.4) is 0 Å². The van der Waals surface area contributed by atoms with Crippen LogP contribution in [-0.2, 0) is 25.5 Å². The molecule has 0 aliphatic carbocycles. The number of amides is 2. The van der Waals surface area contributed by atoms with Crippen molar-refractivity contribution in [3.05, 3.63) is 65.7 Å². The first-order chi connectivity index (χ1) is 12.5. The fraction of sp³-hybridized carbons (Fsp3) is 0.211. The Hall–Kier alpha value is -3.35. The van der Waals surface area contributed by atoms with Crippen molar-refractivity contribution in [2.75, 3.05) is 19.8 Å². The van der Waals surface area contributed by atoms with E-state index in [0.717, 1.165) is 11.1 Å². The normalized spacial score (nSPS) is 10.0. The molecule has 2 rings (SSSR count). The summed E-state index contributed by atoms with van der Waals surface area (Å²) < 4.78 is 10.3. The van der Waals surface area contributed by atoms with Gasteiger partial charge < -0.3 is 20.5 Å². The molecule has 0 spiro atoms. The molecule has 0 saturated heterocycles. The Morgan fingerprint density at radius 2 is 1.62 bits per heavy atom. The second-order valence-electron chi connectivity index (χ2n) is 5.46. The van der Waals surface area contributed by atoms with Gasteiger partial charge in [-0.1, -0.05) is 48.5 Å². The number of carbonyl (C=O) groups is 3. The maximum atomic E-state index is 11.7. The molecule has 0 aromatic heterocycles. The molecule has 7 nitrogen and oxygen atoms in total. The summed E-state index contributed by atoms with van der Waals surface area (Å²) in [5, 5.41) is 2.22. The van der Waals surface area contributed by atoms with E-state index in [2.05, 4.69) is 5.32 Å². The number of hydrogen-bond donors (Lipinski definition) is 2. The molecule has 0 heterocycles. The summed E-state index contributed by atoms with van der Waals surface area (Å²) in [7, 11) is 0. The average molecular weight is 356 g/mol. The summed E-state index contributed by atoms with van der Waals surface area (Å²) in [6.45, 7) is -1.13. The van der Waals surface area contributed by atoms with E-state index in [4.69, 9.17) is 15.2 Å². The lowest BCUT2D eigenvalue weighted by atomic mass is 10.0. The highest BCUT2D eigenvalue weighted by Crippen LogP contribution is 2.21. The first-order valence-corrected chi connectivity index (χ1v) is 8.00. The highest BCUT2D eigenvalue weighted by atomic mass is 16.6. The molecule has 2 aromatic carbocycles. The van der Waals surface area contributed by atoms with Crippen LogP contribution < -0.4 is 15.8 Å². The van der Waals surface area contributed by atoms with E-state index in [0.29, 0.717) is 12.2 Å². The van der Waals surface area contributed by atoms with Gasteiger partial charge in [0, 0.05) is 6.42 Å².